The van der Waals surface area contributed by atoms with Gasteiger partial charge in [0, 0.05) is 10.8 Å². The fourth-order valence-electron chi connectivity index (χ4n) is 2.96. The third-order valence-corrected chi connectivity index (χ3v) is 5.64. The lowest BCUT2D eigenvalue weighted by atomic mass is 9.87. The highest BCUT2D eigenvalue weighted by atomic mass is 35.5. The number of aryl methyl sites for hydroxylation is 1. The number of aromatic nitrogens is 2. The molecule has 4 rings (SSSR count). The third-order valence-electron chi connectivity index (χ3n) is 3.92. The van der Waals surface area contributed by atoms with Crippen molar-refractivity contribution in [2.75, 3.05) is 0 Å². The van der Waals surface area contributed by atoms with Crippen molar-refractivity contribution in [3.63, 3.8) is 0 Å². The van der Waals surface area contributed by atoms with Gasteiger partial charge in [0.1, 0.15) is 5.82 Å². The molecule has 20 heavy (non-hydrogen) atoms. The van der Waals surface area contributed by atoms with Gasteiger partial charge in [0.25, 0.3) is 0 Å². The number of nitrogens with zero attached hydrogens (tertiary/aromatic N) is 1. The minimum Gasteiger partial charge on any atom is -0.341 e. The van der Waals surface area contributed by atoms with Crippen molar-refractivity contribution in [1.29, 1.82) is 0 Å². The molecule has 0 fully saturated rings. The number of thiophene rings is 1. The maximum absolute atomic E-state index is 6.07. The Morgan fingerprint density at radius 3 is 3.00 bits per heavy atom. The molecule has 2 aromatic heterocycles. The van der Waals surface area contributed by atoms with Crippen LogP contribution in [-0.4, -0.2) is 9.97 Å². The van der Waals surface area contributed by atoms with Crippen molar-refractivity contribution in [2.45, 2.75) is 25.2 Å². The summed E-state index contributed by atoms with van der Waals surface area (Å²) < 4.78 is 0. The van der Waals surface area contributed by atoms with E-state index in [2.05, 4.69) is 16.4 Å². The van der Waals surface area contributed by atoms with Crippen molar-refractivity contribution < 1.29 is 0 Å². The summed E-state index contributed by atoms with van der Waals surface area (Å²) in [5.41, 5.74) is 3.27. The van der Waals surface area contributed by atoms with E-state index in [1.165, 1.54) is 23.3 Å². The Hall–Kier alpha value is -1.03. The summed E-state index contributed by atoms with van der Waals surface area (Å²) in [5, 5.41) is 3.30. The van der Waals surface area contributed by atoms with E-state index < -0.39 is 0 Å². The monoisotopic (exact) mass is 322 g/mol. The van der Waals surface area contributed by atoms with Gasteiger partial charge in [0.15, 0.2) is 0 Å². The number of H-pyrrole nitrogens is 1. The first-order valence-electron chi connectivity index (χ1n) is 6.63. The van der Waals surface area contributed by atoms with E-state index in [0.29, 0.717) is 16.0 Å². The maximum Gasteiger partial charge on any atom is 0.114 e. The van der Waals surface area contributed by atoms with Crippen LogP contribution < -0.4 is 0 Å². The van der Waals surface area contributed by atoms with E-state index in [4.69, 9.17) is 28.2 Å². The van der Waals surface area contributed by atoms with Crippen LogP contribution >= 0.6 is 34.5 Å². The predicted octanol–water partition coefficient (Wildman–Crippen LogP) is 5.40. The van der Waals surface area contributed by atoms with Crippen LogP contribution in [-0.2, 0) is 6.42 Å². The highest BCUT2D eigenvalue weighted by Gasteiger charge is 2.25. The summed E-state index contributed by atoms with van der Waals surface area (Å²) in [6.45, 7) is 0. The van der Waals surface area contributed by atoms with E-state index in [1.807, 2.05) is 23.5 Å². The Labute approximate surface area is 130 Å². The zero-order valence-electron chi connectivity index (χ0n) is 10.6. The lowest BCUT2D eigenvalue weighted by molar-refractivity contribution is 0.604. The maximum atomic E-state index is 6.07. The van der Waals surface area contributed by atoms with Gasteiger partial charge in [0.2, 0.25) is 0 Å². The average Bonchev–Trinajstić information content (AvgIpc) is 3.05. The molecule has 0 radical (unpaired) electrons. The van der Waals surface area contributed by atoms with E-state index in [0.717, 1.165) is 23.3 Å². The smallest absolute Gasteiger partial charge is 0.114 e. The Morgan fingerprint density at radius 2 is 2.10 bits per heavy atom. The SMILES string of the molecule is Clc1cc2nc(C3CCCc4sccc43)[nH]c2cc1Cl. The predicted molar refractivity (Wildman–Crippen MR) is 85.2 cm³/mol. The van der Waals surface area contributed by atoms with Crippen LogP contribution in [0.15, 0.2) is 23.6 Å². The van der Waals surface area contributed by atoms with Crippen LogP contribution in [0.2, 0.25) is 10.0 Å². The molecule has 2 heterocycles. The number of benzene rings is 1. The molecule has 0 saturated heterocycles. The van der Waals surface area contributed by atoms with Crippen molar-refractivity contribution in [2.24, 2.45) is 0 Å². The van der Waals surface area contributed by atoms with Crippen LogP contribution in [0, 0.1) is 0 Å². The number of fused-ring (bicyclic) bond motifs is 2. The van der Waals surface area contributed by atoms with Crippen molar-refractivity contribution in [3.05, 3.63) is 49.9 Å². The van der Waals surface area contributed by atoms with Gasteiger partial charge in [-0.15, -0.1) is 11.3 Å². The second-order valence-corrected chi connectivity index (χ2v) is 6.96. The van der Waals surface area contributed by atoms with Gasteiger partial charge >= 0.3 is 0 Å². The second-order valence-electron chi connectivity index (χ2n) is 5.15. The molecule has 3 aromatic rings. The summed E-state index contributed by atoms with van der Waals surface area (Å²) in [4.78, 5) is 9.64. The number of nitrogens with one attached hydrogen (secondary N) is 1. The third kappa shape index (κ3) is 1.96. The molecule has 0 bridgehead atoms. The first-order valence-corrected chi connectivity index (χ1v) is 8.27. The van der Waals surface area contributed by atoms with Gasteiger partial charge in [-0.3, -0.25) is 0 Å². The van der Waals surface area contributed by atoms with Crippen molar-refractivity contribution in [1.82, 2.24) is 9.97 Å². The fourth-order valence-corrected chi connectivity index (χ4v) is 4.27. The van der Waals surface area contributed by atoms with E-state index in [-0.39, 0.29) is 0 Å². The number of halogens is 2. The first-order chi connectivity index (χ1) is 9.72. The fraction of sp³-hybridized carbons (Fsp3) is 0.267. The molecule has 1 aromatic carbocycles. The summed E-state index contributed by atoms with van der Waals surface area (Å²) in [7, 11) is 0. The average molecular weight is 323 g/mol. The Morgan fingerprint density at radius 1 is 1.25 bits per heavy atom. The quantitative estimate of drug-likeness (QED) is 0.638. The molecule has 0 amide bonds. The summed E-state index contributed by atoms with van der Waals surface area (Å²) in [6.07, 6.45) is 3.56. The molecule has 0 spiro atoms. The van der Waals surface area contributed by atoms with Crippen LogP contribution in [0.4, 0.5) is 0 Å². The minimum absolute atomic E-state index is 0.370. The first kappa shape index (κ1) is 12.7. The molecule has 1 aliphatic carbocycles. The standard InChI is InChI=1S/C15H12Cl2N2S/c16-10-6-12-13(7-11(10)17)19-15(18-12)9-2-1-3-14-8(9)4-5-20-14/h4-7,9H,1-3H2,(H,18,19). The van der Waals surface area contributed by atoms with Gasteiger partial charge in [-0.25, -0.2) is 4.98 Å². The highest BCUT2D eigenvalue weighted by Crippen LogP contribution is 2.39. The molecular weight excluding hydrogens is 311 g/mol. The van der Waals surface area contributed by atoms with E-state index in [9.17, 15) is 0 Å². The topological polar surface area (TPSA) is 28.7 Å². The number of aromatic amines is 1. The zero-order chi connectivity index (χ0) is 13.7. The second kappa shape index (κ2) is 4.76. The highest BCUT2D eigenvalue weighted by molar-refractivity contribution is 7.10. The summed E-state index contributed by atoms with van der Waals surface area (Å²) in [6, 6.07) is 5.92. The molecule has 0 aliphatic heterocycles. The van der Waals surface area contributed by atoms with E-state index >= 15 is 0 Å². The molecule has 2 nitrogen and oxygen atoms in total. The Kier molecular flexibility index (Phi) is 3.02. The molecule has 0 saturated carbocycles. The van der Waals surface area contributed by atoms with Gasteiger partial charge in [-0.05, 0) is 48.4 Å². The molecule has 1 unspecified atom stereocenters. The number of rotatable bonds is 1. The van der Waals surface area contributed by atoms with E-state index in [1.54, 1.807) is 0 Å². The lowest BCUT2D eigenvalue weighted by Gasteiger charge is -2.20. The van der Waals surface area contributed by atoms with Crippen LogP contribution in [0.3, 0.4) is 0 Å². The van der Waals surface area contributed by atoms with Crippen molar-refractivity contribution >= 4 is 45.6 Å². The molecular formula is C15H12Cl2N2S. The minimum atomic E-state index is 0.370. The molecule has 1 N–H and O–H groups in total. The summed E-state index contributed by atoms with van der Waals surface area (Å²) in [5.74, 6) is 1.40. The Bertz CT molecular complexity index is 751. The Balaban J connectivity index is 1.84. The van der Waals surface area contributed by atoms with Crippen LogP contribution in [0.5, 0.6) is 0 Å². The molecule has 1 atom stereocenters. The summed E-state index contributed by atoms with van der Waals surface area (Å²) >= 11 is 14.0. The van der Waals surface area contributed by atoms with Gasteiger partial charge in [0.05, 0.1) is 21.1 Å². The van der Waals surface area contributed by atoms with Crippen LogP contribution in [0.25, 0.3) is 11.0 Å². The largest absolute Gasteiger partial charge is 0.341 e. The van der Waals surface area contributed by atoms with Gasteiger partial charge in [-0.1, -0.05) is 23.2 Å². The normalized spacial score (nSPS) is 18.4. The molecule has 102 valence electrons. The lowest BCUT2D eigenvalue weighted by Crippen LogP contribution is -2.09. The van der Waals surface area contributed by atoms with Gasteiger partial charge in [-0.2, -0.15) is 0 Å². The number of hydrogen-bond acceptors (Lipinski definition) is 2. The van der Waals surface area contributed by atoms with Crippen molar-refractivity contribution in [3.8, 4) is 0 Å². The number of imidazole rings is 1. The molecule has 1 aliphatic rings. The van der Waals surface area contributed by atoms with Crippen LogP contribution in [0.1, 0.15) is 35.0 Å². The molecule has 5 heteroatoms. The number of hydrogen-bond donors (Lipinski definition) is 1. The van der Waals surface area contributed by atoms with Gasteiger partial charge < -0.3 is 4.98 Å². The zero-order valence-corrected chi connectivity index (χ0v) is 12.9.